The van der Waals surface area contributed by atoms with Crippen molar-refractivity contribution in [2.75, 3.05) is 0 Å². The predicted molar refractivity (Wildman–Crippen MR) is 60.7 cm³/mol. The summed E-state index contributed by atoms with van der Waals surface area (Å²) in [5, 5.41) is 19.4. The standard InChI is InChI=1S/C12H14O5/c1-3-4-7-5-8-9(12(15)17-7)11(14)10(13)6(2)16-8/h3-6,10-11,13-14H,1-2H3/b4-3+/t6-,10+,11-/m0/s1. The van der Waals surface area contributed by atoms with E-state index in [0.717, 1.165) is 0 Å². The third kappa shape index (κ3) is 1.99. The van der Waals surface area contributed by atoms with Crippen LogP contribution in [0.1, 0.15) is 31.3 Å². The monoisotopic (exact) mass is 238 g/mol. The molecule has 2 rings (SSSR count). The summed E-state index contributed by atoms with van der Waals surface area (Å²) >= 11 is 0. The van der Waals surface area contributed by atoms with E-state index in [4.69, 9.17) is 9.15 Å². The van der Waals surface area contributed by atoms with Gasteiger partial charge in [0.2, 0.25) is 0 Å². The summed E-state index contributed by atoms with van der Waals surface area (Å²) in [6.45, 7) is 3.42. The van der Waals surface area contributed by atoms with E-state index in [0.29, 0.717) is 5.76 Å². The van der Waals surface area contributed by atoms with Gasteiger partial charge in [-0.25, -0.2) is 4.79 Å². The molecule has 0 aliphatic carbocycles. The molecule has 0 amide bonds. The van der Waals surface area contributed by atoms with Crippen molar-refractivity contribution in [3.63, 3.8) is 0 Å². The van der Waals surface area contributed by atoms with E-state index in [1.54, 1.807) is 26.0 Å². The Kier molecular flexibility index (Phi) is 3.04. The Morgan fingerprint density at radius 2 is 2.12 bits per heavy atom. The van der Waals surface area contributed by atoms with Crippen molar-refractivity contribution in [3.8, 4) is 5.75 Å². The first kappa shape index (κ1) is 11.9. The molecule has 1 aromatic rings. The molecule has 0 bridgehead atoms. The Labute approximate surface area is 98.0 Å². The van der Waals surface area contributed by atoms with Gasteiger partial charge >= 0.3 is 5.63 Å². The van der Waals surface area contributed by atoms with Crippen molar-refractivity contribution in [1.82, 2.24) is 0 Å². The quantitative estimate of drug-likeness (QED) is 0.758. The van der Waals surface area contributed by atoms with Crippen LogP contribution >= 0.6 is 0 Å². The molecule has 92 valence electrons. The maximum absolute atomic E-state index is 11.7. The molecular weight excluding hydrogens is 224 g/mol. The van der Waals surface area contributed by atoms with Gasteiger partial charge in [0.25, 0.3) is 0 Å². The van der Waals surface area contributed by atoms with Crippen LogP contribution in [0.3, 0.4) is 0 Å². The lowest BCUT2D eigenvalue weighted by atomic mass is 9.98. The minimum atomic E-state index is -1.27. The molecule has 2 N–H and O–H groups in total. The first-order valence-corrected chi connectivity index (χ1v) is 5.38. The molecule has 17 heavy (non-hydrogen) atoms. The van der Waals surface area contributed by atoms with Gasteiger partial charge in [0, 0.05) is 6.07 Å². The fraction of sp³-hybridized carbons (Fsp3) is 0.417. The van der Waals surface area contributed by atoms with Gasteiger partial charge in [-0.05, 0) is 19.9 Å². The van der Waals surface area contributed by atoms with Crippen LogP contribution in [0, 0.1) is 0 Å². The number of allylic oxidation sites excluding steroid dienone is 1. The lowest BCUT2D eigenvalue weighted by Gasteiger charge is -2.31. The Morgan fingerprint density at radius 3 is 2.76 bits per heavy atom. The Bertz CT molecular complexity index is 502. The summed E-state index contributed by atoms with van der Waals surface area (Å²) in [5.74, 6) is 0.617. The fourth-order valence-corrected chi connectivity index (χ4v) is 1.81. The Balaban J connectivity index is 2.56. The largest absolute Gasteiger partial charge is 0.487 e. The van der Waals surface area contributed by atoms with Crippen LogP contribution in [0.4, 0.5) is 0 Å². The van der Waals surface area contributed by atoms with Gasteiger partial charge in [-0.2, -0.15) is 0 Å². The van der Waals surface area contributed by atoms with E-state index in [-0.39, 0.29) is 11.3 Å². The van der Waals surface area contributed by atoms with E-state index >= 15 is 0 Å². The van der Waals surface area contributed by atoms with E-state index in [1.165, 1.54) is 6.07 Å². The summed E-state index contributed by atoms with van der Waals surface area (Å²) in [7, 11) is 0. The zero-order chi connectivity index (χ0) is 12.6. The molecule has 5 nitrogen and oxygen atoms in total. The average molecular weight is 238 g/mol. The van der Waals surface area contributed by atoms with Crippen LogP contribution in [-0.4, -0.2) is 22.4 Å². The average Bonchev–Trinajstić information content (AvgIpc) is 2.25. The SMILES string of the molecule is C/C=C/c1cc2c(c(=O)o1)[C@H](O)[C@H](O)[C@H](C)O2. The second-order valence-electron chi connectivity index (χ2n) is 3.97. The molecule has 0 spiro atoms. The number of hydrogen-bond acceptors (Lipinski definition) is 5. The summed E-state index contributed by atoms with van der Waals surface area (Å²) in [6, 6.07) is 1.53. The molecule has 0 saturated heterocycles. The first-order valence-electron chi connectivity index (χ1n) is 5.38. The first-order chi connectivity index (χ1) is 8.04. The van der Waals surface area contributed by atoms with Gasteiger partial charge in [0.1, 0.15) is 35.4 Å². The van der Waals surface area contributed by atoms with Crippen molar-refractivity contribution in [2.45, 2.75) is 32.2 Å². The fourth-order valence-electron chi connectivity index (χ4n) is 1.81. The van der Waals surface area contributed by atoms with Crippen LogP contribution in [0.5, 0.6) is 5.75 Å². The van der Waals surface area contributed by atoms with Crippen LogP contribution in [-0.2, 0) is 0 Å². The predicted octanol–water partition coefficient (Wildman–Crippen LogP) is 0.848. The molecule has 0 unspecified atom stereocenters. The molecule has 1 aliphatic rings. The molecule has 3 atom stereocenters. The molecule has 0 saturated carbocycles. The van der Waals surface area contributed by atoms with Crippen LogP contribution in [0.2, 0.25) is 0 Å². The number of fused-ring (bicyclic) bond motifs is 1. The van der Waals surface area contributed by atoms with Crippen molar-refractivity contribution < 1.29 is 19.4 Å². The molecule has 1 aromatic heterocycles. The molecule has 1 aliphatic heterocycles. The summed E-state index contributed by atoms with van der Waals surface area (Å²) in [6.07, 6.45) is 0.371. The number of aliphatic hydroxyl groups is 2. The van der Waals surface area contributed by atoms with Crippen molar-refractivity contribution in [1.29, 1.82) is 0 Å². The van der Waals surface area contributed by atoms with E-state index in [1.807, 2.05) is 0 Å². The summed E-state index contributed by atoms with van der Waals surface area (Å²) in [5.41, 5.74) is -0.710. The molecule has 2 heterocycles. The topological polar surface area (TPSA) is 79.9 Å². The normalized spacial score (nSPS) is 27.9. The van der Waals surface area contributed by atoms with Crippen molar-refractivity contribution in [3.05, 3.63) is 33.9 Å². The van der Waals surface area contributed by atoms with Gasteiger partial charge in [-0.1, -0.05) is 6.08 Å². The lowest BCUT2D eigenvalue weighted by molar-refractivity contribution is -0.0636. The molecular formula is C12H14O5. The molecule has 0 fully saturated rings. The van der Waals surface area contributed by atoms with Gasteiger partial charge in [0.05, 0.1) is 0 Å². The molecule has 0 aromatic carbocycles. The number of ether oxygens (including phenoxy) is 1. The highest BCUT2D eigenvalue weighted by Crippen LogP contribution is 2.33. The molecule has 5 heteroatoms. The zero-order valence-electron chi connectivity index (χ0n) is 9.58. The summed E-state index contributed by atoms with van der Waals surface area (Å²) < 4.78 is 10.4. The second kappa shape index (κ2) is 4.35. The molecule has 0 radical (unpaired) electrons. The summed E-state index contributed by atoms with van der Waals surface area (Å²) in [4.78, 5) is 11.7. The maximum Gasteiger partial charge on any atom is 0.345 e. The zero-order valence-corrected chi connectivity index (χ0v) is 9.58. The number of hydrogen-bond donors (Lipinski definition) is 2. The maximum atomic E-state index is 11.7. The van der Waals surface area contributed by atoms with E-state index in [9.17, 15) is 15.0 Å². The lowest BCUT2D eigenvalue weighted by Crippen LogP contribution is -2.40. The van der Waals surface area contributed by atoms with Crippen LogP contribution in [0.15, 0.2) is 21.4 Å². The number of rotatable bonds is 1. The van der Waals surface area contributed by atoms with E-state index in [2.05, 4.69) is 0 Å². The highest BCUT2D eigenvalue weighted by atomic mass is 16.5. The Hall–Kier alpha value is -1.59. The second-order valence-corrected chi connectivity index (χ2v) is 3.97. The van der Waals surface area contributed by atoms with Gasteiger partial charge < -0.3 is 19.4 Å². The third-order valence-corrected chi connectivity index (χ3v) is 2.71. The van der Waals surface area contributed by atoms with Gasteiger partial charge in [-0.3, -0.25) is 0 Å². The minimum absolute atomic E-state index is 0.0242. The highest BCUT2D eigenvalue weighted by Gasteiger charge is 2.36. The Morgan fingerprint density at radius 1 is 1.41 bits per heavy atom. The van der Waals surface area contributed by atoms with Crippen LogP contribution in [0.25, 0.3) is 6.08 Å². The third-order valence-electron chi connectivity index (χ3n) is 2.71. The van der Waals surface area contributed by atoms with E-state index < -0.39 is 23.9 Å². The number of aliphatic hydroxyl groups excluding tert-OH is 2. The van der Waals surface area contributed by atoms with Gasteiger partial charge in [-0.15, -0.1) is 0 Å². The smallest absolute Gasteiger partial charge is 0.345 e. The minimum Gasteiger partial charge on any atom is -0.487 e. The van der Waals surface area contributed by atoms with Crippen molar-refractivity contribution in [2.24, 2.45) is 0 Å². The van der Waals surface area contributed by atoms with Gasteiger partial charge in [0.15, 0.2) is 0 Å². The van der Waals surface area contributed by atoms with Crippen LogP contribution < -0.4 is 10.4 Å². The van der Waals surface area contributed by atoms with Crippen molar-refractivity contribution >= 4 is 6.08 Å². The highest BCUT2D eigenvalue weighted by molar-refractivity contribution is 5.47.